The summed E-state index contributed by atoms with van der Waals surface area (Å²) in [7, 11) is 0. The molecule has 2 heterocycles. The number of nitrogens with zero attached hydrogens (tertiary/aromatic N) is 3. The fourth-order valence-electron chi connectivity index (χ4n) is 2.02. The summed E-state index contributed by atoms with van der Waals surface area (Å²) < 4.78 is 7.59. The Morgan fingerprint density at radius 3 is 3.07 bits per heavy atom. The fraction of sp³-hybridized carbons (Fsp3) is 0.455. The molecule has 0 unspecified atom stereocenters. The highest BCUT2D eigenvalue weighted by molar-refractivity contribution is 5.73. The summed E-state index contributed by atoms with van der Waals surface area (Å²) >= 11 is 0. The number of para-hydroxylation sites is 1. The molecule has 0 saturated carbocycles. The number of aromatic nitrogens is 3. The predicted molar refractivity (Wildman–Crippen MR) is 56.4 cm³/mol. The Kier molecular flexibility index (Phi) is 2.14. The molecule has 4 nitrogen and oxygen atoms in total. The number of fused-ring (bicyclic) bond motifs is 1. The Balaban J connectivity index is 2.02. The summed E-state index contributed by atoms with van der Waals surface area (Å²) in [4.78, 5) is 0. The Morgan fingerprint density at radius 1 is 1.27 bits per heavy atom. The van der Waals surface area contributed by atoms with Crippen LogP contribution in [0.1, 0.15) is 25.5 Å². The monoisotopic (exact) mass is 203 g/mol. The lowest BCUT2D eigenvalue weighted by Gasteiger charge is -2.22. The van der Waals surface area contributed by atoms with E-state index in [0.717, 1.165) is 30.5 Å². The van der Waals surface area contributed by atoms with E-state index in [1.54, 1.807) is 0 Å². The van der Waals surface area contributed by atoms with Gasteiger partial charge in [-0.05, 0) is 31.4 Å². The third-order valence-electron chi connectivity index (χ3n) is 2.81. The molecule has 1 aromatic heterocycles. The quantitative estimate of drug-likeness (QED) is 0.712. The molecule has 4 heteroatoms. The molecule has 1 aromatic carbocycles. The third kappa shape index (κ3) is 1.51. The van der Waals surface area contributed by atoms with Crippen molar-refractivity contribution in [2.75, 3.05) is 6.61 Å². The van der Waals surface area contributed by atoms with Crippen molar-refractivity contribution in [2.24, 2.45) is 0 Å². The number of rotatable bonds is 1. The summed E-state index contributed by atoms with van der Waals surface area (Å²) in [6.07, 6.45) is 3.47. The first-order chi connectivity index (χ1) is 7.45. The van der Waals surface area contributed by atoms with Crippen LogP contribution < -0.4 is 0 Å². The second-order valence-electron chi connectivity index (χ2n) is 3.84. The van der Waals surface area contributed by atoms with Crippen molar-refractivity contribution < 1.29 is 4.74 Å². The van der Waals surface area contributed by atoms with Crippen molar-refractivity contribution in [2.45, 2.75) is 25.5 Å². The zero-order chi connectivity index (χ0) is 10.1. The van der Waals surface area contributed by atoms with E-state index < -0.39 is 0 Å². The Bertz CT molecular complexity index is 460. The first kappa shape index (κ1) is 8.85. The second-order valence-corrected chi connectivity index (χ2v) is 3.84. The highest BCUT2D eigenvalue weighted by Crippen LogP contribution is 2.24. The van der Waals surface area contributed by atoms with Crippen LogP contribution in [-0.2, 0) is 4.74 Å². The van der Waals surface area contributed by atoms with Crippen molar-refractivity contribution in [3.8, 4) is 0 Å². The molecule has 1 aliphatic rings. The topological polar surface area (TPSA) is 39.9 Å². The van der Waals surface area contributed by atoms with Crippen LogP contribution >= 0.6 is 0 Å². The predicted octanol–water partition coefficient (Wildman–Crippen LogP) is 2.13. The molecule has 3 rings (SSSR count). The van der Waals surface area contributed by atoms with Crippen molar-refractivity contribution >= 4 is 11.0 Å². The lowest BCUT2D eigenvalue weighted by atomic mass is 10.2. The zero-order valence-corrected chi connectivity index (χ0v) is 8.47. The number of hydrogen-bond donors (Lipinski definition) is 0. The van der Waals surface area contributed by atoms with Gasteiger partial charge in [0, 0.05) is 6.61 Å². The van der Waals surface area contributed by atoms with E-state index in [-0.39, 0.29) is 6.23 Å². The van der Waals surface area contributed by atoms with E-state index >= 15 is 0 Å². The molecule has 0 spiro atoms. The Labute approximate surface area is 87.8 Å². The van der Waals surface area contributed by atoms with Gasteiger partial charge in [0.25, 0.3) is 0 Å². The average Bonchev–Trinajstić information content (AvgIpc) is 2.74. The minimum absolute atomic E-state index is 0.0751. The van der Waals surface area contributed by atoms with Crippen LogP contribution in [0.3, 0.4) is 0 Å². The molecule has 15 heavy (non-hydrogen) atoms. The Hall–Kier alpha value is -1.42. The van der Waals surface area contributed by atoms with Gasteiger partial charge in [0.05, 0.1) is 5.52 Å². The maximum absolute atomic E-state index is 5.69. The van der Waals surface area contributed by atoms with E-state index in [2.05, 4.69) is 10.3 Å². The minimum Gasteiger partial charge on any atom is -0.356 e. The van der Waals surface area contributed by atoms with Gasteiger partial charge in [-0.3, -0.25) is 0 Å². The lowest BCUT2D eigenvalue weighted by molar-refractivity contribution is -0.0377. The van der Waals surface area contributed by atoms with Crippen LogP contribution in [0.25, 0.3) is 11.0 Å². The van der Waals surface area contributed by atoms with Crippen molar-refractivity contribution in [3.05, 3.63) is 24.3 Å². The first-order valence-electron chi connectivity index (χ1n) is 5.37. The Morgan fingerprint density at radius 2 is 2.20 bits per heavy atom. The lowest BCUT2D eigenvalue weighted by Crippen LogP contribution is -2.19. The van der Waals surface area contributed by atoms with Gasteiger partial charge >= 0.3 is 0 Å². The van der Waals surface area contributed by atoms with Crippen LogP contribution in [0.2, 0.25) is 0 Å². The molecular weight excluding hydrogens is 190 g/mol. The SMILES string of the molecule is c1ccc2c(c1)nnn2[C@H]1CCCCO1. The number of ether oxygens (including phenoxy) is 1. The maximum Gasteiger partial charge on any atom is 0.152 e. The summed E-state index contributed by atoms with van der Waals surface area (Å²) in [5.74, 6) is 0. The normalized spacial score (nSPS) is 22.0. The van der Waals surface area contributed by atoms with E-state index in [0.29, 0.717) is 0 Å². The molecule has 2 aromatic rings. The van der Waals surface area contributed by atoms with Gasteiger partial charge in [0.15, 0.2) is 6.23 Å². The molecule has 1 aliphatic heterocycles. The standard InChI is InChI=1S/C11H13N3O/c1-2-6-10-9(5-1)12-13-14(10)11-7-3-4-8-15-11/h1-2,5-6,11H,3-4,7-8H2/t11-/m1/s1. The van der Waals surface area contributed by atoms with E-state index in [1.165, 1.54) is 6.42 Å². The highest BCUT2D eigenvalue weighted by Gasteiger charge is 2.18. The molecule has 1 atom stereocenters. The first-order valence-corrected chi connectivity index (χ1v) is 5.37. The summed E-state index contributed by atoms with van der Waals surface area (Å²) in [5, 5.41) is 8.29. The van der Waals surface area contributed by atoms with E-state index in [9.17, 15) is 0 Å². The highest BCUT2D eigenvalue weighted by atomic mass is 16.5. The van der Waals surface area contributed by atoms with Crippen LogP contribution in [-0.4, -0.2) is 21.6 Å². The summed E-state index contributed by atoms with van der Waals surface area (Å²) in [6, 6.07) is 7.99. The minimum atomic E-state index is 0.0751. The molecule has 0 amide bonds. The van der Waals surface area contributed by atoms with Crippen LogP contribution in [0, 0.1) is 0 Å². The van der Waals surface area contributed by atoms with Gasteiger partial charge in [-0.1, -0.05) is 17.3 Å². The van der Waals surface area contributed by atoms with Crippen LogP contribution in [0.15, 0.2) is 24.3 Å². The molecule has 0 radical (unpaired) electrons. The molecule has 1 fully saturated rings. The van der Waals surface area contributed by atoms with Gasteiger partial charge < -0.3 is 4.74 Å². The fourth-order valence-corrected chi connectivity index (χ4v) is 2.02. The van der Waals surface area contributed by atoms with Crippen molar-refractivity contribution in [1.82, 2.24) is 15.0 Å². The molecule has 0 N–H and O–H groups in total. The average molecular weight is 203 g/mol. The van der Waals surface area contributed by atoms with E-state index in [4.69, 9.17) is 4.74 Å². The zero-order valence-electron chi connectivity index (χ0n) is 8.47. The number of hydrogen-bond acceptors (Lipinski definition) is 3. The second kappa shape index (κ2) is 3.62. The largest absolute Gasteiger partial charge is 0.356 e. The van der Waals surface area contributed by atoms with Crippen LogP contribution in [0.4, 0.5) is 0 Å². The van der Waals surface area contributed by atoms with Gasteiger partial charge in [0.1, 0.15) is 5.52 Å². The molecular formula is C11H13N3O. The van der Waals surface area contributed by atoms with Crippen LogP contribution in [0.5, 0.6) is 0 Å². The summed E-state index contributed by atoms with van der Waals surface area (Å²) in [5.41, 5.74) is 2.00. The van der Waals surface area contributed by atoms with Gasteiger partial charge in [-0.15, -0.1) is 5.10 Å². The molecule has 0 aliphatic carbocycles. The van der Waals surface area contributed by atoms with Gasteiger partial charge in [0.2, 0.25) is 0 Å². The maximum atomic E-state index is 5.69. The van der Waals surface area contributed by atoms with Gasteiger partial charge in [-0.25, -0.2) is 4.68 Å². The van der Waals surface area contributed by atoms with Crippen molar-refractivity contribution in [1.29, 1.82) is 0 Å². The molecule has 1 saturated heterocycles. The van der Waals surface area contributed by atoms with Gasteiger partial charge in [-0.2, -0.15) is 0 Å². The smallest absolute Gasteiger partial charge is 0.152 e. The van der Waals surface area contributed by atoms with E-state index in [1.807, 2.05) is 28.9 Å². The molecule has 0 bridgehead atoms. The van der Waals surface area contributed by atoms with Crippen molar-refractivity contribution in [3.63, 3.8) is 0 Å². The summed E-state index contributed by atoms with van der Waals surface area (Å²) in [6.45, 7) is 0.832. The third-order valence-corrected chi connectivity index (χ3v) is 2.81. The number of benzene rings is 1. The molecule has 78 valence electrons.